The van der Waals surface area contributed by atoms with Crippen molar-refractivity contribution in [3.63, 3.8) is 0 Å². The third-order valence-electron chi connectivity index (χ3n) is 3.71. The van der Waals surface area contributed by atoms with Crippen LogP contribution < -0.4 is 0 Å². The largest absolute Gasteiger partial charge is 0.465 e. The molecule has 2 aromatic carbocycles. The van der Waals surface area contributed by atoms with Crippen molar-refractivity contribution in [1.29, 1.82) is 0 Å². The molecule has 0 spiro atoms. The first-order chi connectivity index (χ1) is 11.0. The second-order valence-corrected chi connectivity index (χ2v) is 5.55. The van der Waals surface area contributed by atoms with E-state index in [-0.39, 0.29) is 10.6 Å². The molecule has 0 fully saturated rings. The molecule has 0 bridgehead atoms. The molecular weight excluding hydrogens is 317 g/mol. The smallest absolute Gasteiger partial charge is 0.337 e. The number of esters is 1. The lowest BCUT2D eigenvalue weighted by Gasteiger charge is -2.11. The topological polar surface area (TPSA) is 39.2 Å². The number of pyridine rings is 1. The standard InChI is InChI=1S/C18H13ClFNO2/c1-10-9-21-17(16-14(19)4-3-5-15(16)20)13-8-11(18(22)23-2)6-7-12(10)13/h3-9H,1-2H3. The van der Waals surface area contributed by atoms with Gasteiger partial charge in [0.2, 0.25) is 0 Å². The van der Waals surface area contributed by atoms with Crippen LogP contribution in [0.5, 0.6) is 0 Å². The zero-order valence-corrected chi connectivity index (χ0v) is 13.3. The van der Waals surface area contributed by atoms with E-state index >= 15 is 0 Å². The predicted molar refractivity (Wildman–Crippen MR) is 88.2 cm³/mol. The molecule has 0 saturated heterocycles. The van der Waals surface area contributed by atoms with Gasteiger partial charge in [-0.05, 0) is 42.1 Å². The number of methoxy groups -OCH3 is 1. The van der Waals surface area contributed by atoms with Crippen molar-refractivity contribution in [1.82, 2.24) is 4.98 Å². The average molecular weight is 330 g/mol. The summed E-state index contributed by atoms with van der Waals surface area (Å²) in [6.07, 6.45) is 1.66. The summed E-state index contributed by atoms with van der Waals surface area (Å²) in [4.78, 5) is 16.1. The number of benzene rings is 2. The van der Waals surface area contributed by atoms with Crippen molar-refractivity contribution in [2.24, 2.45) is 0 Å². The Morgan fingerprint density at radius 3 is 2.70 bits per heavy atom. The number of nitrogens with zero attached hydrogens (tertiary/aromatic N) is 1. The lowest BCUT2D eigenvalue weighted by molar-refractivity contribution is 0.0601. The third kappa shape index (κ3) is 2.66. The van der Waals surface area contributed by atoms with Crippen LogP contribution in [0.1, 0.15) is 15.9 Å². The highest BCUT2D eigenvalue weighted by atomic mass is 35.5. The summed E-state index contributed by atoms with van der Waals surface area (Å²) in [5.41, 5.74) is 1.93. The van der Waals surface area contributed by atoms with Crippen molar-refractivity contribution >= 4 is 28.3 Å². The summed E-state index contributed by atoms with van der Waals surface area (Å²) in [5.74, 6) is -0.919. The van der Waals surface area contributed by atoms with Gasteiger partial charge in [0.1, 0.15) is 5.82 Å². The number of fused-ring (bicyclic) bond motifs is 1. The Morgan fingerprint density at radius 1 is 1.22 bits per heavy atom. The minimum absolute atomic E-state index is 0.223. The van der Waals surface area contributed by atoms with Crippen LogP contribution in [-0.2, 0) is 4.74 Å². The maximum atomic E-state index is 14.3. The van der Waals surface area contributed by atoms with Gasteiger partial charge in [-0.1, -0.05) is 23.7 Å². The van der Waals surface area contributed by atoms with Crippen molar-refractivity contribution in [2.45, 2.75) is 6.92 Å². The minimum atomic E-state index is -0.460. The monoisotopic (exact) mass is 329 g/mol. The first-order valence-corrected chi connectivity index (χ1v) is 7.32. The fourth-order valence-electron chi connectivity index (χ4n) is 2.55. The first kappa shape index (κ1) is 15.4. The zero-order chi connectivity index (χ0) is 16.6. The second-order valence-electron chi connectivity index (χ2n) is 5.14. The fourth-order valence-corrected chi connectivity index (χ4v) is 2.81. The Labute approximate surface area is 137 Å². The molecule has 0 unspecified atom stereocenters. The highest BCUT2D eigenvalue weighted by Crippen LogP contribution is 2.35. The molecule has 3 nitrogen and oxygen atoms in total. The predicted octanol–water partition coefficient (Wildman–Crippen LogP) is 4.79. The Morgan fingerprint density at radius 2 is 2.00 bits per heavy atom. The van der Waals surface area contributed by atoms with Crippen molar-refractivity contribution in [3.05, 3.63) is 64.6 Å². The van der Waals surface area contributed by atoms with E-state index in [9.17, 15) is 9.18 Å². The molecule has 0 aliphatic rings. The number of carbonyl (C=O) groups excluding carboxylic acids is 1. The molecule has 0 saturated carbocycles. The van der Waals surface area contributed by atoms with E-state index in [2.05, 4.69) is 4.98 Å². The highest BCUT2D eigenvalue weighted by Gasteiger charge is 2.16. The van der Waals surface area contributed by atoms with Gasteiger partial charge in [0.15, 0.2) is 0 Å². The van der Waals surface area contributed by atoms with Crippen LogP contribution in [0.15, 0.2) is 42.6 Å². The summed E-state index contributed by atoms with van der Waals surface area (Å²) in [6, 6.07) is 9.61. The zero-order valence-electron chi connectivity index (χ0n) is 12.6. The summed E-state index contributed by atoms with van der Waals surface area (Å²) in [7, 11) is 1.32. The van der Waals surface area contributed by atoms with Crippen LogP contribution in [0.4, 0.5) is 4.39 Å². The molecule has 0 aliphatic heterocycles. The normalized spacial score (nSPS) is 10.8. The Hall–Kier alpha value is -2.46. The summed E-state index contributed by atoms with van der Waals surface area (Å²) < 4.78 is 19.0. The molecule has 0 N–H and O–H groups in total. The number of aryl methyl sites for hydroxylation is 1. The van der Waals surface area contributed by atoms with Crippen LogP contribution in [0.25, 0.3) is 22.0 Å². The van der Waals surface area contributed by atoms with Gasteiger partial charge in [0, 0.05) is 11.6 Å². The van der Waals surface area contributed by atoms with Gasteiger partial charge in [-0.25, -0.2) is 9.18 Å². The van der Waals surface area contributed by atoms with Gasteiger partial charge in [-0.2, -0.15) is 0 Å². The molecule has 5 heteroatoms. The fraction of sp³-hybridized carbons (Fsp3) is 0.111. The highest BCUT2D eigenvalue weighted by molar-refractivity contribution is 6.33. The van der Waals surface area contributed by atoms with E-state index in [4.69, 9.17) is 16.3 Å². The molecule has 0 aliphatic carbocycles. The molecule has 0 amide bonds. The van der Waals surface area contributed by atoms with Crippen molar-refractivity contribution < 1.29 is 13.9 Å². The second kappa shape index (κ2) is 5.97. The number of halogens is 2. The number of aromatic nitrogens is 1. The SMILES string of the molecule is COC(=O)c1ccc2c(C)cnc(-c3c(F)cccc3Cl)c2c1. The maximum Gasteiger partial charge on any atom is 0.337 e. The van der Waals surface area contributed by atoms with Crippen LogP contribution in [0.2, 0.25) is 5.02 Å². The number of ether oxygens (including phenoxy) is 1. The van der Waals surface area contributed by atoms with E-state index in [1.54, 1.807) is 30.5 Å². The molecular formula is C18H13ClFNO2. The Kier molecular flexibility index (Phi) is 4.01. The summed E-state index contributed by atoms with van der Waals surface area (Å²) >= 11 is 6.16. The van der Waals surface area contributed by atoms with Gasteiger partial charge in [-0.3, -0.25) is 4.98 Å². The number of hydrogen-bond acceptors (Lipinski definition) is 3. The molecule has 0 radical (unpaired) electrons. The number of hydrogen-bond donors (Lipinski definition) is 0. The molecule has 116 valence electrons. The van der Waals surface area contributed by atoms with Crippen LogP contribution in [-0.4, -0.2) is 18.1 Å². The number of rotatable bonds is 2. The van der Waals surface area contributed by atoms with E-state index in [1.165, 1.54) is 19.2 Å². The summed E-state index contributed by atoms with van der Waals surface area (Å²) in [6.45, 7) is 1.90. The quantitative estimate of drug-likeness (QED) is 0.634. The lowest BCUT2D eigenvalue weighted by Crippen LogP contribution is -2.01. The van der Waals surface area contributed by atoms with Crippen LogP contribution in [0.3, 0.4) is 0 Å². The molecule has 3 aromatic rings. The van der Waals surface area contributed by atoms with E-state index in [0.717, 1.165) is 10.9 Å². The Balaban J connectivity index is 2.37. The van der Waals surface area contributed by atoms with Gasteiger partial charge in [0.05, 0.1) is 29.0 Å². The molecule has 3 rings (SSSR count). The van der Waals surface area contributed by atoms with Gasteiger partial charge >= 0.3 is 5.97 Å². The molecule has 1 heterocycles. The van der Waals surface area contributed by atoms with Gasteiger partial charge in [0.25, 0.3) is 0 Å². The van der Waals surface area contributed by atoms with Gasteiger partial charge < -0.3 is 4.74 Å². The van der Waals surface area contributed by atoms with Crippen LogP contribution in [0, 0.1) is 12.7 Å². The molecule has 1 aromatic heterocycles. The van der Waals surface area contributed by atoms with Gasteiger partial charge in [-0.15, -0.1) is 0 Å². The minimum Gasteiger partial charge on any atom is -0.465 e. The first-order valence-electron chi connectivity index (χ1n) is 6.95. The Bertz CT molecular complexity index is 904. The van der Waals surface area contributed by atoms with E-state index in [1.807, 2.05) is 6.92 Å². The van der Waals surface area contributed by atoms with Crippen molar-refractivity contribution in [2.75, 3.05) is 7.11 Å². The van der Waals surface area contributed by atoms with Crippen molar-refractivity contribution in [3.8, 4) is 11.3 Å². The maximum absolute atomic E-state index is 14.3. The number of carbonyl (C=O) groups is 1. The third-order valence-corrected chi connectivity index (χ3v) is 4.02. The molecule has 23 heavy (non-hydrogen) atoms. The lowest BCUT2D eigenvalue weighted by atomic mass is 9.99. The van der Waals surface area contributed by atoms with Crippen LogP contribution >= 0.6 is 11.6 Å². The average Bonchev–Trinajstić information content (AvgIpc) is 2.55. The van der Waals surface area contributed by atoms with E-state index < -0.39 is 11.8 Å². The molecule has 0 atom stereocenters. The summed E-state index contributed by atoms with van der Waals surface area (Å²) in [5, 5.41) is 1.80. The van der Waals surface area contributed by atoms with E-state index in [0.29, 0.717) is 16.6 Å².